The average molecular weight is 642 g/mol. The molecule has 0 saturated carbocycles. The predicted octanol–water partition coefficient (Wildman–Crippen LogP) is 10.1. The van der Waals surface area contributed by atoms with Crippen LogP contribution in [-0.4, -0.2) is 30.5 Å². The molecule has 0 aliphatic rings. The first-order chi connectivity index (χ1) is 22.2. The van der Waals surface area contributed by atoms with Gasteiger partial charge in [0.2, 0.25) is 0 Å². The summed E-state index contributed by atoms with van der Waals surface area (Å²) in [5, 5.41) is 10.9. The Morgan fingerprint density at radius 3 is 0.761 bits per heavy atom. The van der Waals surface area contributed by atoms with Crippen molar-refractivity contribution in [3.8, 4) is 0 Å². The van der Waals surface area contributed by atoms with Crippen LogP contribution >= 0.6 is 0 Å². The summed E-state index contributed by atoms with van der Waals surface area (Å²) in [5.74, 6) is -0.898. The number of hydrogen-bond donors (Lipinski definition) is 0. The number of hydrogen-bond acceptors (Lipinski definition) is 3. The molecule has 0 aliphatic heterocycles. The fourth-order valence-electron chi connectivity index (χ4n) is 6.90. The normalized spacial score (nSPS) is 11.4. The summed E-state index contributed by atoms with van der Waals surface area (Å²) in [6, 6.07) is 0. The second-order valence-electron chi connectivity index (χ2n) is 14.6. The molecule has 0 amide bonds. The molecule has 0 saturated heterocycles. The summed E-state index contributed by atoms with van der Waals surface area (Å²) in [5.41, 5.74) is 0. The van der Waals surface area contributed by atoms with E-state index in [1.807, 2.05) is 0 Å². The van der Waals surface area contributed by atoms with Crippen molar-refractivity contribution in [1.29, 1.82) is 0 Å². The van der Waals surface area contributed by atoms with Crippen molar-refractivity contribution >= 4 is 5.97 Å². The molecule has 0 bridgehead atoms. The number of carbonyl (C=O) groups is 1. The number of rotatable bonds is 40. The largest absolute Gasteiger partial charge is 1.00 e. The molecule has 4 heteroatoms. The third kappa shape index (κ3) is 42.1. The molecule has 0 spiro atoms. The minimum Gasteiger partial charge on any atom is -0.550 e. The van der Waals surface area contributed by atoms with Gasteiger partial charge >= 0.3 is 18.9 Å². The SMILES string of the molecule is CCCCCCCCCCCCCCCCCCCN(CCCCCCCCCCCCCCCCCCC)CCCC(=O)[O-].[Li+]. The van der Waals surface area contributed by atoms with Gasteiger partial charge in [-0.2, -0.15) is 0 Å². The van der Waals surface area contributed by atoms with Crippen molar-refractivity contribution in [2.24, 2.45) is 0 Å². The molecule has 0 radical (unpaired) electrons. The van der Waals surface area contributed by atoms with E-state index >= 15 is 0 Å². The van der Waals surface area contributed by atoms with Gasteiger partial charge in [0, 0.05) is 5.97 Å². The number of nitrogens with zero attached hydrogens (tertiary/aromatic N) is 1. The van der Waals surface area contributed by atoms with Crippen molar-refractivity contribution in [3.05, 3.63) is 0 Å². The number of carboxylic acids is 1. The number of aliphatic carboxylic acids is 1. The van der Waals surface area contributed by atoms with Gasteiger partial charge in [0.05, 0.1) is 0 Å². The Kier molecular flexibility index (Phi) is 45.1. The topological polar surface area (TPSA) is 43.4 Å². The smallest absolute Gasteiger partial charge is 0.550 e. The van der Waals surface area contributed by atoms with E-state index < -0.39 is 5.97 Å². The fraction of sp³-hybridized carbons (Fsp3) is 0.976. The van der Waals surface area contributed by atoms with Gasteiger partial charge in [-0.3, -0.25) is 0 Å². The summed E-state index contributed by atoms with van der Waals surface area (Å²) in [6.45, 7) is 7.80. The predicted molar refractivity (Wildman–Crippen MR) is 199 cm³/mol. The first-order valence-corrected chi connectivity index (χ1v) is 21.1. The van der Waals surface area contributed by atoms with Crippen LogP contribution in [0, 0.1) is 0 Å². The Morgan fingerprint density at radius 1 is 0.348 bits per heavy atom. The molecule has 46 heavy (non-hydrogen) atoms. The third-order valence-corrected chi connectivity index (χ3v) is 10.0. The molecule has 0 heterocycles. The van der Waals surface area contributed by atoms with Crippen LogP contribution in [-0.2, 0) is 4.79 Å². The van der Waals surface area contributed by atoms with E-state index in [0.717, 1.165) is 26.1 Å². The molecule has 0 aromatic carbocycles. The van der Waals surface area contributed by atoms with Gasteiger partial charge < -0.3 is 14.8 Å². The average Bonchev–Trinajstić information content (AvgIpc) is 3.03. The van der Waals surface area contributed by atoms with E-state index in [1.165, 1.54) is 218 Å². The monoisotopic (exact) mass is 642 g/mol. The maximum atomic E-state index is 10.9. The van der Waals surface area contributed by atoms with E-state index in [4.69, 9.17) is 0 Å². The van der Waals surface area contributed by atoms with E-state index in [9.17, 15) is 9.90 Å². The van der Waals surface area contributed by atoms with Gasteiger partial charge in [-0.1, -0.05) is 219 Å². The zero-order valence-electron chi connectivity index (χ0n) is 32.3. The van der Waals surface area contributed by atoms with Crippen molar-refractivity contribution < 1.29 is 28.8 Å². The maximum absolute atomic E-state index is 10.9. The van der Waals surface area contributed by atoms with E-state index in [-0.39, 0.29) is 25.3 Å². The number of carbonyl (C=O) groups excluding carboxylic acids is 1. The summed E-state index contributed by atoms with van der Waals surface area (Å²) in [6.07, 6.45) is 48.9. The molecule has 0 unspecified atom stereocenters. The van der Waals surface area contributed by atoms with Crippen LogP contribution in [0.5, 0.6) is 0 Å². The van der Waals surface area contributed by atoms with Crippen LogP contribution in [0.15, 0.2) is 0 Å². The van der Waals surface area contributed by atoms with Crippen molar-refractivity contribution in [2.75, 3.05) is 19.6 Å². The quantitative estimate of drug-likeness (QED) is 0.0494. The molecular weight excluding hydrogens is 557 g/mol. The van der Waals surface area contributed by atoms with Crippen LogP contribution in [0.25, 0.3) is 0 Å². The molecule has 0 fully saturated rings. The van der Waals surface area contributed by atoms with Gasteiger partial charge in [0.15, 0.2) is 0 Å². The molecule has 0 aromatic rings. The Labute approximate surface area is 303 Å². The van der Waals surface area contributed by atoms with Crippen LogP contribution in [0.4, 0.5) is 0 Å². The summed E-state index contributed by atoms with van der Waals surface area (Å²) in [7, 11) is 0. The fourth-order valence-corrected chi connectivity index (χ4v) is 6.90. The second-order valence-corrected chi connectivity index (χ2v) is 14.6. The Morgan fingerprint density at radius 2 is 0.543 bits per heavy atom. The van der Waals surface area contributed by atoms with Crippen molar-refractivity contribution in [3.63, 3.8) is 0 Å². The van der Waals surface area contributed by atoms with Gasteiger partial charge in [0.1, 0.15) is 0 Å². The zero-order valence-corrected chi connectivity index (χ0v) is 32.3. The number of unbranched alkanes of at least 4 members (excludes halogenated alkanes) is 32. The van der Waals surface area contributed by atoms with Crippen LogP contribution in [0.3, 0.4) is 0 Å². The van der Waals surface area contributed by atoms with E-state index in [1.54, 1.807) is 0 Å². The molecule has 0 rings (SSSR count). The minimum absolute atomic E-state index is 0. The first kappa shape index (κ1) is 48.1. The molecule has 0 aromatic heterocycles. The zero-order chi connectivity index (χ0) is 32.7. The molecule has 0 aliphatic carbocycles. The molecule has 0 atom stereocenters. The Balaban J connectivity index is 0. The third-order valence-electron chi connectivity index (χ3n) is 10.0. The Bertz CT molecular complexity index is 520. The molecular formula is C42H84LiNO2. The molecule has 3 nitrogen and oxygen atoms in total. The van der Waals surface area contributed by atoms with Gasteiger partial charge in [-0.05, 0) is 45.3 Å². The maximum Gasteiger partial charge on any atom is 1.00 e. The molecule has 270 valence electrons. The van der Waals surface area contributed by atoms with Crippen molar-refractivity contribution in [2.45, 2.75) is 245 Å². The number of carboxylic acid groups (broad SMARTS) is 1. The minimum atomic E-state index is -0.898. The van der Waals surface area contributed by atoms with Gasteiger partial charge in [-0.15, -0.1) is 0 Å². The van der Waals surface area contributed by atoms with Crippen LogP contribution in [0.2, 0.25) is 0 Å². The standard InChI is InChI=1S/C42H85NO2.Li/c1-3-5-7-9-11-13-15-17-19-21-23-25-27-29-31-33-35-39-43(41-37-38-42(44)45)40-36-34-32-30-28-26-24-22-20-18-16-14-12-10-8-6-4-2;/h3-41H2,1-2H3,(H,44,45);/q;+1/p-1. The van der Waals surface area contributed by atoms with Crippen molar-refractivity contribution in [1.82, 2.24) is 4.90 Å². The van der Waals surface area contributed by atoms with Crippen LogP contribution < -0.4 is 24.0 Å². The van der Waals surface area contributed by atoms with E-state index in [0.29, 0.717) is 0 Å². The first-order valence-electron chi connectivity index (χ1n) is 21.1. The van der Waals surface area contributed by atoms with Gasteiger partial charge in [-0.25, -0.2) is 0 Å². The molecule has 0 N–H and O–H groups in total. The summed E-state index contributed by atoms with van der Waals surface area (Å²) in [4.78, 5) is 13.4. The van der Waals surface area contributed by atoms with E-state index in [2.05, 4.69) is 18.7 Å². The van der Waals surface area contributed by atoms with Crippen LogP contribution in [0.1, 0.15) is 245 Å². The Hall–Kier alpha value is 0.0274. The summed E-state index contributed by atoms with van der Waals surface area (Å²) < 4.78 is 0. The van der Waals surface area contributed by atoms with Gasteiger partial charge in [0.25, 0.3) is 0 Å². The second kappa shape index (κ2) is 43.0. The summed E-state index contributed by atoms with van der Waals surface area (Å²) >= 11 is 0.